The number of likely N-dealkylation sites (tertiary alicyclic amines) is 1. The monoisotopic (exact) mass is 476 g/mol. The maximum Gasteiger partial charge on any atom is 0.255 e. The van der Waals surface area contributed by atoms with Gasteiger partial charge in [0, 0.05) is 29.9 Å². The van der Waals surface area contributed by atoms with Gasteiger partial charge in [0.05, 0.1) is 18.3 Å². The van der Waals surface area contributed by atoms with Crippen LogP contribution in [0.1, 0.15) is 12.8 Å². The first-order valence-corrected chi connectivity index (χ1v) is 12.5. The van der Waals surface area contributed by atoms with Gasteiger partial charge in [0.15, 0.2) is 0 Å². The van der Waals surface area contributed by atoms with E-state index >= 15 is 0 Å². The van der Waals surface area contributed by atoms with Crippen molar-refractivity contribution in [2.24, 2.45) is 0 Å². The SMILES string of the molecule is O=c1cc(-c2cccc(Oc3ccccc3)c2)ccn1-c1ccc2c(cnn2CCN2CCCC2)c1. The van der Waals surface area contributed by atoms with E-state index in [4.69, 9.17) is 4.74 Å². The second-order valence-corrected chi connectivity index (χ2v) is 9.23. The molecule has 6 heteroatoms. The van der Waals surface area contributed by atoms with Crippen molar-refractivity contribution in [2.45, 2.75) is 19.4 Å². The van der Waals surface area contributed by atoms with Crippen molar-refractivity contribution < 1.29 is 4.74 Å². The molecule has 5 aromatic rings. The fraction of sp³-hybridized carbons (Fsp3) is 0.200. The van der Waals surface area contributed by atoms with Crippen molar-refractivity contribution in [3.05, 3.63) is 108 Å². The summed E-state index contributed by atoms with van der Waals surface area (Å²) in [4.78, 5) is 15.6. The van der Waals surface area contributed by atoms with E-state index in [1.54, 1.807) is 10.6 Å². The summed E-state index contributed by atoms with van der Waals surface area (Å²) in [5.74, 6) is 1.51. The number of hydrogen-bond acceptors (Lipinski definition) is 4. The van der Waals surface area contributed by atoms with E-state index in [1.807, 2.05) is 85.2 Å². The Kier molecular flexibility index (Phi) is 6.10. The molecule has 6 nitrogen and oxygen atoms in total. The standard InChI is InChI=1S/C30H28N4O2/c35-30-21-24(23-7-6-10-28(20-23)36-27-8-2-1-3-9-27)13-16-33(30)26-11-12-29-25(19-26)22-31-34(29)18-17-32-14-4-5-15-32/h1-3,6-13,16,19-22H,4-5,14-15,17-18H2. The van der Waals surface area contributed by atoms with E-state index in [9.17, 15) is 4.79 Å². The van der Waals surface area contributed by atoms with E-state index in [0.717, 1.165) is 52.3 Å². The van der Waals surface area contributed by atoms with Crippen molar-refractivity contribution in [1.82, 2.24) is 19.2 Å². The second-order valence-electron chi connectivity index (χ2n) is 9.23. The summed E-state index contributed by atoms with van der Waals surface area (Å²) in [7, 11) is 0. The van der Waals surface area contributed by atoms with Gasteiger partial charge in [-0.1, -0.05) is 30.3 Å². The third-order valence-corrected chi connectivity index (χ3v) is 6.80. The van der Waals surface area contributed by atoms with Crippen LogP contribution in [0.5, 0.6) is 11.5 Å². The lowest BCUT2D eigenvalue weighted by atomic mass is 10.1. The average Bonchev–Trinajstić information content (AvgIpc) is 3.58. The smallest absolute Gasteiger partial charge is 0.255 e. The molecule has 1 aliphatic heterocycles. The van der Waals surface area contributed by atoms with Gasteiger partial charge in [-0.05, 0) is 85.6 Å². The summed E-state index contributed by atoms with van der Waals surface area (Å²) >= 11 is 0. The van der Waals surface area contributed by atoms with E-state index in [-0.39, 0.29) is 5.56 Å². The third-order valence-electron chi connectivity index (χ3n) is 6.80. The summed E-state index contributed by atoms with van der Waals surface area (Å²) in [6.45, 7) is 4.28. The fourth-order valence-electron chi connectivity index (χ4n) is 4.88. The number of fused-ring (bicyclic) bond motifs is 1. The predicted octanol–water partition coefficient (Wildman–Crippen LogP) is 5.74. The Morgan fingerprint density at radius 3 is 2.42 bits per heavy atom. The molecule has 1 fully saturated rings. The number of pyridine rings is 1. The molecular weight excluding hydrogens is 448 g/mol. The molecule has 0 bridgehead atoms. The molecule has 0 aliphatic carbocycles. The Bertz CT molecular complexity index is 1550. The van der Waals surface area contributed by atoms with Crippen LogP contribution in [0, 0.1) is 0 Å². The highest BCUT2D eigenvalue weighted by Crippen LogP contribution is 2.27. The highest BCUT2D eigenvalue weighted by molar-refractivity contribution is 5.81. The number of para-hydroxylation sites is 1. The molecule has 0 N–H and O–H groups in total. The summed E-state index contributed by atoms with van der Waals surface area (Å²) in [6.07, 6.45) is 6.31. The van der Waals surface area contributed by atoms with Gasteiger partial charge in [0.2, 0.25) is 0 Å². The number of rotatable bonds is 7. The number of benzene rings is 3. The molecule has 180 valence electrons. The van der Waals surface area contributed by atoms with Crippen molar-refractivity contribution in [1.29, 1.82) is 0 Å². The molecule has 0 atom stereocenters. The van der Waals surface area contributed by atoms with Crippen LogP contribution in [0.4, 0.5) is 0 Å². The quantitative estimate of drug-likeness (QED) is 0.301. The minimum Gasteiger partial charge on any atom is -0.457 e. The molecule has 0 radical (unpaired) electrons. The lowest BCUT2D eigenvalue weighted by Crippen LogP contribution is -2.24. The molecule has 0 spiro atoms. The zero-order valence-electron chi connectivity index (χ0n) is 20.1. The summed E-state index contributed by atoms with van der Waals surface area (Å²) < 4.78 is 9.70. The van der Waals surface area contributed by atoms with E-state index in [1.165, 1.54) is 25.9 Å². The van der Waals surface area contributed by atoms with Crippen LogP contribution in [0.15, 0.2) is 102 Å². The van der Waals surface area contributed by atoms with Gasteiger partial charge in [0.25, 0.3) is 5.56 Å². The Balaban J connectivity index is 1.22. The molecule has 3 heterocycles. The minimum absolute atomic E-state index is 0.0809. The summed E-state index contributed by atoms with van der Waals surface area (Å²) in [5, 5.41) is 5.63. The normalized spacial score (nSPS) is 13.9. The first-order chi connectivity index (χ1) is 17.7. The first-order valence-electron chi connectivity index (χ1n) is 12.5. The third kappa shape index (κ3) is 4.68. The molecule has 6 rings (SSSR count). The van der Waals surface area contributed by atoms with Crippen LogP contribution in [0.3, 0.4) is 0 Å². The fourth-order valence-corrected chi connectivity index (χ4v) is 4.88. The van der Waals surface area contributed by atoms with Crippen LogP contribution >= 0.6 is 0 Å². The van der Waals surface area contributed by atoms with Crippen LogP contribution in [-0.2, 0) is 6.54 Å². The summed E-state index contributed by atoms with van der Waals surface area (Å²) in [5.41, 5.74) is 3.63. The van der Waals surface area contributed by atoms with Gasteiger partial charge < -0.3 is 9.64 Å². The number of aromatic nitrogens is 3. The largest absolute Gasteiger partial charge is 0.457 e. The topological polar surface area (TPSA) is 52.3 Å². The van der Waals surface area contributed by atoms with Gasteiger partial charge in [-0.25, -0.2) is 0 Å². The van der Waals surface area contributed by atoms with E-state index in [0.29, 0.717) is 0 Å². The Morgan fingerprint density at radius 1 is 0.778 bits per heavy atom. The Labute approximate surface area is 210 Å². The Morgan fingerprint density at radius 2 is 1.58 bits per heavy atom. The molecule has 2 aromatic heterocycles. The molecule has 0 amide bonds. The second kappa shape index (κ2) is 9.84. The molecule has 0 unspecified atom stereocenters. The van der Waals surface area contributed by atoms with Crippen LogP contribution in [0.25, 0.3) is 27.7 Å². The maximum absolute atomic E-state index is 13.1. The van der Waals surface area contributed by atoms with Crippen LogP contribution in [0.2, 0.25) is 0 Å². The molecule has 1 saturated heterocycles. The van der Waals surface area contributed by atoms with Gasteiger partial charge in [-0.3, -0.25) is 14.0 Å². The lowest BCUT2D eigenvalue weighted by molar-refractivity contribution is 0.318. The highest BCUT2D eigenvalue weighted by Gasteiger charge is 2.13. The van der Waals surface area contributed by atoms with E-state index in [2.05, 4.69) is 20.7 Å². The van der Waals surface area contributed by atoms with Gasteiger partial charge in [-0.15, -0.1) is 0 Å². The zero-order chi connectivity index (χ0) is 24.3. The minimum atomic E-state index is -0.0809. The molecule has 36 heavy (non-hydrogen) atoms. The molecule has 1 aliphatic rings. The average molecular weight is 477 g/mol. The molecule has 3 aromatic carbocycles. The summed E-state index contributed by atoms with van der Waals surface area (Å²) in [6, 6.07) is 27.2. The van der Waals surface area contributed by atoms with Gasteiger partial charge >= 0.3 is 0 Å². The lowest BCUT2D eigenvalue weighted by Gasteiger charge is -2.14. The first kappa shape index (κ1) is 22.3. The van der Waals surface area contributed by atoms with Crippen LogP contribution < -0.4 is 10.3 Å². The van der Waals surface area contributed by atoms with Crippen molar-refractivity contribution in [3.63, 3.8) is 0 Å². The number of ether oxygens (including phenoxy) is 1. The number of nitrogens with zero attached hydrogens (tertiary/aromatic N) is 4. The van der Waals surface area contributed by atoms with Crippen molar-refractivity contribution in [3.8, 4) is 28.3 Å². The highest BCUT2D eigenvalue weighted by atomic mass is 16.5. The van der Waals surface area contributed by atoms with Crippen LogP contribution in [-0.4, -0.2) is 38.9 Å². The van der Waals surface area contributed by atoms with E-state index < -0.39 is 0 Å². The van der Waals surface area contributed by atoms with Crippen molar-refractivity contribution >= 4 is 10.9 Å². The van der Waals surface area contributed by atoms with Gasteiger partial charge in [-0.2, -0.15) is 5.10 Å². The maximum atomic E-state index is 13.1. The number of hydrogen-bond donors (Lipinski definition) is 0. The predicted molar refractivity (Wildman–Crippen MR) is 143 cm³/mol. The zero-order valence-corrected chi connectivity index (χ0v) is 20.1. The van der Waals surface area contributed by atoms with Gasteiger partial charge in [0.1, 0.15) is 11.5 Å². The molecular formula is C30H28N4O2. The van der Waals surface area contributed by atoms with Crippen molar-refractivity contribution in [2.75, 3.05) is 19.6 Å². The molecule has 0 saturated carbocycles. The Hall–Kier alpha value is -4.16.